The Bertz CT molecular complexity index is 682. The molecule has 0 spiro atoms. The number of rotatable bonds is 2. The summed E-state index contributed by atoms with van der Waals surface area (Å²) in [5, 5.41) is 0.996. The van der Waals surface area contributed by atoms with Crippen LogP contribution in [0.15, 0.2) is 65.3 Å². The number of pyridine rings is 1. The number of benzene rings is 2. The first kappa shape index (κ1) is 11.2. The molecular formula is C15H10BrNO. The number of hydrogen-bond acceptors (Lipinski definition) is 2. The predicted molar refractivity (Wildman–Crippen MR) is 76.0 cm³/mol. The number of halogens is 1. The predicted octanol–water partition coefficient (Wildman–Crippen LogP) is 4.79. The minimum Gasteiger partial charge on any atom is -0.455 e. The summed E-state index contributed by atoms with van der Waals surface area (Å²) in [5.41, 5.74) is 0.923. The molecule has 0 aliphatic carbocycles. The van der Waals surface area contributed by atoms with E-state index in [9.17, 15) is 0 Å². The first-order chi connectivity index (χ1) is 8.84. The molecule has 1 aromatic heterocycles. The van der Waals surface area contributed by atoms with Gasteiger partial charge in [-0.1, -0.05) is 30.3 Å². The number of fused-ring (bicyclic) bond motifs is 1. The minimum atomic E-state index is 0.798. The average Bonchev–Trinajstić information content (AvgIpc) is 2.43. The summed E-state index contributed by atoms with van der Waals surface area (Å²) >= 11 is 3.49. The molecule has 0 unspecified atom stereocenters. The summed E-state index contributed by atoms with van der Waals surface area (Å²) < 4.78 is 6.79. The zero-order valence-electron chi connectivity index (χ0n) is 9.51. The Morgan fingerprint density at radius 1 is 0.889 bits per heavy atom. The van der Waals surface area contributed by atoms with Crippen LogP contribution in [-0.2, 0) is 0 Å². The second kappa shape index (κ2) is 4.78. The Labute approximate surface area is 113 Å². The largest absolute Gasteiger partial charge is 0.455 e. The maximum Gasteiger partial charge on any atom is 0.152 e. The highest BCUT2D eigenvalue weighted by Gasteiger charge is 2.08. The first-order valence-electron chi connectivity index (χ1n) is 5.61. The van der Waals surface area contributed by atoms with Gasteiger partial charge in [0.2, 0.25) is 0 Å². The molecule has 0 amide bonds. The second-order valence-corrected chi connectivity index (χ2v) is 4.72. The molecule has 88 valence electrons. The van der Waals surface area contributed by atoms with Crippen LogP contribution in [0, 0.1) is 0 Å². The van der Waals surface area contributed by atoms with Crippen LogP contribution in [0.5, 0.6) is 11.5 Å². The van der Waals surface area contributed by atoms with Gasteiger partial charge in [-0.3, -0.25) is 4.98 Å². The van der Waals surface area contributed by atoms with E-state index in [2.05, 4.69) is 20.9 Å². The molecule has 0 atom stereocenters. The molecule has 2 aromatic carbocycles. The lowest BCUT2D eigenvalue weighted by atomic mass is 10.2. The van der Waals surface area contributed by atoms with Gasteiger partial charge >= 0.3 is 0 Å². The van der Waals surface area contributed by atoms with Crippen molar-refractivity contribution in [3.05, 3.63) is 65.3 Å². The molecule has 2 nitrogen and oxygen atoms in total. The van der Waals surface area contributed by atoms with Gasteiger partial charge in [0, 0.05) is 11.6 Å². The summed E-state index contributed by atoms with van der Waals surface area (Å²) in [6, 6.07) is 17.7. The topological polar surface area (TPSA) is 22.1 Å². The van der Waals surface area contributed by atoms with Crippen molar-refractivity contribution in [3.8, 4) is 11.5 Å². The number of aromatic nitrogens is 1. The van der Waals surface area contributed by atoms with Crippen LogP contribution in [0.25, 0.3) is 10.9 Å². The number of ether oxygens (including phenoxy) is 1. The van der Waals surface area contributed by atoms with Crippen molar-refractivity contribution >= 4 is 26.8 Å². The molecule has 1 heterocycles. The Hall–Kier alpha value is -1.87. The number of hydrogen-bond donors (Lipinski definition) is 0. The molecule has 3 rings (SSSR count). The van der Waals surface area contributed by atoms with Crippen molar-refractivity contribution in [1.29, 1.82) is 0 Å². The smallest absolute Gasteiger partial charge is 0.152 e. The van der Waals surface area contributed by atoms with E-state index < -0.39 is 0 Å². The van der Waals surface area contributed by atoms with Gasteiger partial charge < -0.3 is 4.74 Å². The lowest BCUT2D eigenvalue weighted by Crippen LogP contribution is -1.89. The van der Waals surface area contributed by atoms with E-state index >= 15 is 0 Å². The molecule has 18 heavy (non-hydrogen) atoms. The Balaban J connectivity index is 2.13. The third-order valence-corrected chi connectivity index (χ3v) is 3.21. The summed E-state index contributed by atoms with van der Waals surface area (Å²) in [7, 11) is 0. The van der Waals surface area contributed by atoms with Gasteiger partial charge in [-0.2, -0.15) is 0 Å². The van der Waals surface area contributed by atoms with Crippen molar-refractivity contribution in [2.24, 2.45) is 0 Å². The quantitative estimate of drug-likeness (QED) is 0.679. The molecule has 0 fully saturated rings. The Morgan fingerprint density at radius 2 is 1.61 bits per heavy atom. The SMILES string of the molecule is Brc1cnc2ccccc2c1Oc1ccccc1. The molecule has 3 heteroatoms. The minimum absolute atomic E-state index is 0.798. The number of para-hydroxylation sites is 2. The van der Waals surface area contributed by atoms with Crippen molar-refractivity contribution in [2.75, 3.05) is 0 Å². The summed E-state index contributed by atoms with van der Waals surface area (Å²) in [6.45, 7) is 0. The standard InChI is InChI=1S/C15H10BrNO/c16-13-10-17-14-9-5-4-8-12(14)15(13)18-11-6-2-1-3-7-11/h1-10H. The summed E-state index contributed by atoms with van der Waals surface area (Å²) in [4.78, 5) is 4.36. The van der Waals surface area contributed by atoms with Crippen molar-refractivity contribution in [3.63, 3.8) is 0 Å². The van der Waals surface area contributed by atoms with E-state index in [4.69, 9.17) is 4.74 Å². The monoisotopic (exact) mass is 299 g/mol. The zero-order chi connectivity index (χ0) is 12.4. The summed E-state index contributed by atoms with van der Waals surface area (Å²) in [5.74, 6) is 1.61. The van der Waals surface area contributed by atoms with Crippen molar-refractivity contribution in [2.45, 2.75) is 0 Å². The molecule has 0 N–H and O–H groups in total. The van der Waals surface area contributed by atoms with Crippen LogP contribution >= 0.6 is 15.9 Å². The van der Waals surface area contributed by atoms with Gasteiger partial charge in [0.1, 0.15) is 5.75 Å². The first-order valence-corrected chi connectivity index (χ1v) is 6.40. The van der Waals surface area contributed by atoms with Gasteiger partial charge in [0.05, 0.1) is 9.99 Å². The normalized spacial score (nSPS) is 10.5. The van der Waals surface area contributed by atoms with Gasteiger partial charge in [0.25, 0.3) is 0 Å². The third-order valence-electron chi connectivity index (χ3n) is 2.65. The van der Waals surface area contributed by atoms with Crippen LogP contribution in [0.3, 0.4) is 0 Å². The highest BCUT2D eigenvalue weighted by atomic mass is 79.9. The fourth-order valence-electron chi connectivity index (χ4n) is 1.80. The highest BCUT2D eigenvalue weighted by molar-refractivity contribution is 9.10. The summed E-state index contributed by atoms with van der Waals surface area (Å²) in [6.07, 6.45) is 1.76. The zero-order valence-corrected chi connectivity index (χ0v) is 11.1. The van der Waals surface area contributed by atoms with E-state index in [1.165, 1.54) is 0 Å². The van der Waals surface area contributed by atoms with Gasteiger partial charge in [-0.05, 0) is 40.2 Å². The van der Waals surface area contributed by atoms with Crippen molar-refractivity contribution < 1.29 is 4.74 Å². The Kier molecular flexibility index (Phi) is 2.99. The van der Waals surface area contributed by atoms with Gasteiger partial charge in [-0.25, -0.2) is 0 Å². The van der Waals surface area contributed by atoms with E-state index in [1.807, 2.05) is 54.6 Å². The molecule has 0 bridgehead atoms. The van der Waals surface area contributed by atoms with Crippen LogP contribution in [-0.4, -0.2) is 4.98 Å². The molecule has 0 saturated heterocycles. The second-order valence-electron chi connectivity index (χ2n) is 3.87. The Morgan fingerprint density at radius 3 is 2.44 bits per heavy atom. The van der Waals surface area contributed by atoms with Crippen LogP contribution in [0.1, 0.15) is 0 Å². The fourth-order valence-corrected chi connectivity index (χ4v) is 2.20. The molecule has 0 aliphatic heterocycles. The molecule has 0 aliphatic rings. The average molecular weight is 300 g/mol. The number of nitrogens with zero attached hydrogens (tertiary/aromatic N) is 1. The highest BCUT2D eigenvalue weighted by Crippen LogP contribution is 2.35. The molecule has 0 radical (unpaired) electrons. The maximum atomic E-state index is 5.94. The van der Waals surface area contributed by atoms with E-state index in [0.29, 0.717) is 0 Å². The lowest BCUT2D eigenvalue weighted by molar-refractivity contribution is 0.485. The maximum absolute atomic E-state index is 5.94. The van der Waals surface area contributed by atoms with E-state index in [1.54, 1.807) is 6.20 Å². The van der Waals surface area contributed by atoms with Gasteiger partial charge in [0.15, 0.2) is 5.75 Å². The lowest BCUT2D eigenvalue weighted by Gasteiger charge is -2.10. The van der Waals surface area contributed by atoms with Crippen molar-refractivity contribution in [1.82, 2.24) is 4.98 Å². The van der Waals surface area contributed by atoms with Crippen LogP contribution < -0.4 is 4.74 Å². The molecular weight excluding hydrogens is 290 g/mol. The molecule has 3 aromatic rings. The van der Waals surface area contributed by atoms with E-state index in [-0.39, 0.29) is 0 Å². The van der Waals surface area contributed by atoms with Crippen LogP contribution in [0.2, 0.25) is 0 Å². The van der Waals surface area contributed by atoms with E-state index in [0.717, 1.165) is 26.9 Å². The van der Waals surface area contributed by atoms with Crippen LogP contribution in [0.4, 0.5) is 0 Å². The fraction of sp³-hybridized carbons (Fsp3) is 0. The van der Waals surface area contributed by atoms with Gasteiger partial charge in [-0.15, -0.1) is 0 Å². The third kappa shape index (κ3) is 2.09. The molecule has 0 saturated carbocycles.